The molecule has 3 rings (SSSR count). The zero-order valence-corrected chi connectivity index (χ0v) is 17.0. The van der Waals surface area contributed by atoms with Gasteiger partial charge in [-0.15, -0.1) is 0 Å². The van der Waals surface area contributed by atoms with Gasteiger partial charge in [-0.25, -0.2) is 0 Å². The number of rotatable bonds is 5. The largest absolute Gasteiger partial charge is 0.371 e. The lowest BCUT2D eigenvalue weighted by Crippen LogP contribution is -2.19. The first-order valence-electron chi connectivity index (χ1n) is 10.1. The summed E-state index contributed by atoms with van der Waals surface area (Å²) in [5.41, 5.74) is 8.02. The molecule has 1 saturated heterocycles. The molecular formula is C25H33N. The Morgan fingerprint density at radius 1 is 1.00 bits per heavy atom. The second-order valence-electron chi connectivity index (χ2n) is 7.98. The van der Waals surface area contributed by atoms with Crippen molar-refractivity contribution >= 4 is 17.3 Å². The Balaban J connectivity index is 1.85. The van der Waals surface area contributed by atoms with Crippen molar-refractivity contribution in [2.45, 2.75) is 47.5 Å². The van der Waals surface area contributed by atoms with Gasteiger partial charge in [0.2, 0.25) is 0 Å². The highest BCUT2D eigenvalue weighted by atomic mass is 15.2. The first kappa shape index (κ1) is 18.8. The fourth-order valence-electron chi connectivity index (χ4n) is 4.25. The van der Waals surface area contributed by atoms with Gasteiger partial charge in [-0.05, 0) is 67.0 Å². The highest BCUT2D eigenvalue weighted by molar-refractivity contribution is 5.82. The van der Waals surface area contributed by atoms with E-state index in [1.165, 1.54) is 59.4 Å². The Morgan fingerprint density at radius 3 is 2.35 bits per heavy atom. The average molecular weight is 348 g/mol. The molecule has 0 radical (unpaired) electrons. The molecule has 1 fully saturated rings. The molecule has 0 aliphatic carbocycles. The zero-order chi connectivity index (χ0) is 18.7. The van der Waals surface area contributed by atoms with Crippen molar-refractivity contribution in [2.75, 3.05) is 18.0 Å². The third kappa shape index (κ3) is 4.03. The standard InChI is InChI=1S/C25H33N/c1-6-21-16-26(17-22(21)7-2)25-10-8-9-23(15-25)20(5)14-24-13-18(3)11-12-19(24)4/h8-15,21-22H,6-7,16-17H2,1-5H3/b20-14+. The minimum absolute atomic E-state index is 0.843. The first-order valence-corrected chi connectivity index (χ1v) is 10.1. The lowest BCUT2D eigenvalue weighted by molar-refractivity contribution is 0.397. The van der Waals surface area contributed by atoms with Gasteiger partial charge in [0.25, 0.3) is 0 Å². The Labute approximate surface area is 159 Å². The molecule has 0 amide bonds. The van der Waals surface area contributed by atoms with Gasteiger partial charge >= 0.3 is 0 Å². The van der Waals surface area contributed by atoms with Crippen molar-refractivity contribution in [3.8, 4) is 0 Å². The van der Waals surface area contributed by atoms with Gasteiger partial charge in [0.05, 0.1) is 0 Å². The van der Waals surface area contributed by atoms with Crippen LogP contribution >= 0.6 is 0 Å². The smallest absolute Gasteiger partial charge is 0.0372 e. The van der Waals surface area contributed by atoms with Gasteiger partial charge in [0.1, 0.15) is 0 Å². The average Bonchev–Trinajstić information content (AvgIpc) is 3.08. The number of hydrogen-bond acceptors (Lipinski definition) is 1. The molecule has 0 N–H and O–H groups in total. The van der Waals surface area contributed by atoms with Crippen LogP contribution in [0.1, 0.15) is 55.9 Å². The predicted molar refractivity (Wildman–Crippen MR) is 116 cm³/mol. The van der Waals surface area contributed by atoms with E-state index in [2.05, 4.69) is 88.1 Å². The van der Waals surface area contributed by atoms with Crippen molar-refractivity contribution in [1.82, 2.24) is 0 Å². The topological polar surface area (TPSA) is 3.24 Å². The third-order valence-corrected chi connectivity index (χ3v) is 6.10. The van der Waals surface area contributed by atoms with E-state index in [0.29, 0.717) is 0 Å². The molecule has 1 heterocycles. The molecule has 0 bridgehead atoms. The van der Waals surface area contributed by atoms with Gasteiger partial charge in [0, 0.05) is 18.8 Å². The normalized spacial score (nSPS) is 20.7. The monoisotopic (exact) mass is 347 g/mol. The molecule has 138 valence electrons. The van der Waals surface area contributed by atoms with Gasteiger partial charge in [-0.3, -0.25) is 0 Å². The summed E-state index contributed by atoms with van der Waals surface area (Å²) in [4.78, 5) is 2.59. The molecule has 2 aromatic carbocycles. The lowest BCUT2D eigenvalue weighted by atomic mass is 9.92. The predicted octanol–water partition coefficient (Wildman–Crippen LogP) is 6.74. The molecule has 1 aliphatic heterocycles. The summed E-state index contributed by atoms with van der Waals surface area (Å²) in [7, 11) is 0. The fourth-order valence-corrected chi connectivity index (χ4v) is 4.25. The summed E-state index contributed by atoms with van der Waals surface area (Å²) in [6.45, 7) is 13.7. The highest BCUT2D eigenvalue weighted by Crippen LogP contribution is 2.33. The van der Waals surface area contributed by atoms with E-state index < -0.39 is 0 Å². The van der Waals surface area contributed by atoms with Crippen LogP contribution in [0.4, 0.5) is 5.69 Å². The van der Waals surface area contributed by atoms with Crippen LogP contribution in [0.25, 0.3) is 11.6 Å². The van der Waals surface area contributed by atoms with E-state index in [1.54, 1.807) is 0 Å². The quantitative estimate of drug-likeness (QED) is 0.542. The van der Waals surface area contributed by atoms with Gasteiger partial charge in [0.15, 0.2) is 0 Å². The van der Waals surface area contributed by atoms with E-state index in [1.807, 2.05) is 0 Å². The van der Waals surface area contributed by atoms with Crippen LogP contribution in [0.15, 0.2) is 42.5 Å². The maximum Gasteiger partial charge on any atom is 0.0372 e. The van der Waals surface area contributed by atoms with Crippen LogP contribution in [-0.2, 0) is 0 Å². The van der Waals surface area contributed by atoms with Crippen LogP contribution in [0.3, 0.4) is 0 Å². The number of allylic oxidation sites excluding steroid dienone is 1. The van der Waals surface area contributed by atoms with Crippen molar-refractivity contribution < 1.29 is 0 Å². The van der Waals surface area contributed by atoms with Gasteiger partial charge in [-0.1, -0.05) is 68.7 Å². The van der Waals surface area contributed by atoms with E-state index >= 15 is 0 Å². The summed E-state index contributed by atoms with van der Waals surface area (Å²) in [6.07, 6.45) is 4.91. The molecule has 1 aliphatic rings. The van der Waals surface area contributed by atoms with Crippen LogP contribution < -0.4 is 4.90 Å². The summed E-state index contributed by atoms with van der Waals surface area (Å²) >= 11 is 0. The fraction of sp³-hybridized carbons (Fsp3) is 0.440. The second-order valence-corrected chi connectivity index (χ2v) is 7.98. The van der Waals surface area contributed by atoms with E-state index in [9.17, 15) is 0 Å². The van der Waals surface area contributed by atoms with Crippen molar-refractivity contribution in [1.29, 1.82) is 0 Å². The maximum absolute atomic E-state index is 2.59. The third-order valence-electron chi connectivity index (χ3n) is 6.10. The lowest BCUT2D eigenvalue weighted by Gasteiger charge is -2.20. The molecule has 2 unspecified atom stereocenters. The molecule has 2 atom stereocenters. The Bertz CT molecular complexity index is 774. The zero-order valence-electron chi connectivity index (χ0n) is 17.0. The van der Waals surface area contributed by atoms with Gasteiger partial charge in [-0.2, -0.15) is 0 Å². The Morgan fingerprint density at radius 2 is 1.69 bits per heavy atom. The SMILES string of the molecule is CCC1CN(c2cccc(/C(C)=C/c3cc(C)ccc3C)c2)CC1CC. The van der Waals surface area contributed by atoms with E-state index in [4.69, 9.17) is 0 Å². The second kappa shape index (κ2) is 8.12. The number of benzene rings is 2. The molecule has 0 aromatic heterocycles. The van der Waals surface area contributed by atoms with E-state index in [0.717, 1.165) is 11.8 Å². The molecule has 0 saturated carbocycles. The minimum Gasteiger partial charge on any atom is -0.371 e. The summed E-state index contributed by atoms with van der Waals surface area (Å²) < 4.78 is 0. The maximum atomic E-state index is 2.59. The Kier molecular flexibility index (Phi) is 5.86. The number of anilines is 1. The molecule has 26 heavy (non-hydrogen) atoms. The number of nitrogens with zero attached hydrogens (tertiary/aromatic N) is 1. The van der Waals surface area contributed by atoms with Crippen molar-refractivity contribution in [2.24, 2.45) is 11.8 Å². The molecule has 2 aromatic rings. The summed E-state index contributed by atoms with van der Waals surface area (Å²) in [6, 6.07) is 15.8. The number of hydrogen-bond donors (Lipinski definition) is 0. The summed E-state index contributed by atoms with van der Waals surface area (Å²) in [5, 5.41) is 0. The first-order chi connectivity index (χ1) is 12.5. The molecule has 1 nitrogen and oxygen atoms in total. The highest BCUT2D eigenvalue weighted by Gasteiger charge is 2.30. The van der Waals surface area contributed by atoms with Crippen LogP contribution in [0.5, 0.6) is 0 Å². The van der Waals surface area contributed by atoms with Crippen molar-refractivity contribution in [3.63, 3.8) is 0 Å². The van der Waals surface area contributed by atoms with Crippen LogP contribution in [0.2, 0.25) is 0 Å². The molecular weight excluding hydrogens is 314 g/mol. The van der Waals surface area contributed by atoms with E-state index in [-0.39, 0.29) is 0 Å². The molecule has 1 heteroatoms. The van der Waals surface area contributed by atoms with Crippen molar-refractivity contribution in [3.05, 3.63) is 64.7 Å². The summed E-state index contributed by atoms with van der Waals surface area (Å²) in [5.74, 6) is 1.69. The number of aryl methyl sites for hydroxylation is 2. The minimum atomic E-state index is 0.843. The van der Waals surface area contributed by atoms with Gasteiger partial charge < -0.3 is 4.90 Å². The van der Waals surface area contributed by atoms with Crippen LogP contribution in [0, 0.1) is 25.7 Å². The molecule has 0 spiro atoms. The van der Waals surface area contributed by atoms with Crippen LogP contribution in [-0.4, -0.2) is 13.1 Å². The Hall–Kier alpha value is -2.02.